The first-order valence-corrected chi connectivity index (χ1v) is 12.8. The molecule has 0 bridgehead atoms. The van der Waals surface area contributed by atoms with Gasteiger partial charge in [0.1, 0.15) is 5.75 Å². The lowest BCUT2D eigenvalue weighted by Gasteiger charge is -2.14. The highest BCUT2D eigenvalue weighted by Gasteiger charge is 2.19. The average molecular weight is 596 g/mol. The third-order valence-electron chi connectivity index (χ3n) is 5.96. The Bertz CT molecular complexity index is 1420. The van der Waals surface area contributed by atoms with Crippen LogP contribution in [0.5, 0.6) is 40.2 Å². The van der Waals surface area contributed by atoms with E-state index < -0.39 is 17.8 Å². The summed E-state index contributed by atoms with van der Waals surface area (Å²) in [5, 5.41) is 6.59. The third kappa shape index (κ3) is 8.28. The van der Waals surface area contributed by atoms with Crippen molar-refractivity contribution in [2.75, 3.05) is 49.2 Å². The molecule has 0 atom stereocenters. The number of rotatable bonds is 14. The van der Waals surface area contributed by atoms with E-state index in [0.29, 0.717) is 45.8 Å². The number of carbonyl (C=O) groups excluding carboxylic acids is 3. The van der Waals surface area contributed by atoms with Crippen molar-refractivity contribution in [2.45, 2.75) is 6.42 Å². The number of nitrogens with zero attached hydrogens (tertiary/aromatic N) is 1. The van der Waals surface area contributed by atoms with Gasteiger partial charge in [0, 0.05) is 18.5 Å². The molecule has 13 heteroatoms. The molecule has 43 heavy (non-hydrogen) atoms. The molecule has 2 N–H and O–H groups in total. The Morgan fingerprint density at radius 1 is 0.698 bits per heavy atom. The van der Waals surface area contributed by atoms with E-state index in [-0.39, 0.29) is 24.1 Å². The van der Waals surface area contributed by atoms with Gasteiger partial charge in [-0.1, -0.05) is 0 Å². The molecule has 0 radical (unpaired) electrons. The van der Waals surface area contributed by atoms with Crippen LogP contribution in [0.1, 0.15) is 32.7 Å². The first-order valence-electron chi connectivity index (χ1n) is 12.8. The zero-order valence-electron chi connectivity index (χ0n) is 24.6. The van der Waals surface area contributed by atoms with Crippen LogP contribution in [0, 0.1) is 0 Å². The van der Waals surface area contributed by atoms with E-state index >= 15 is 0 Å². The van der Waals surface area contributed by atoms with Crippen molar-refractivity contribution in [3.05, 3.63) is 65.2 Å². The second kappa shape index (κ2) is 15.5. The molecule has 0 unspecified atom stereocenters. The van der Waals surface area contributed by atoms with Crippen LogP contribution in [-0.4, -0.2) is 73.2 Å². The number of methoxy groups -OCH3 is 6. The predicted octanol–water partition coefficient (Wildman–Crippen LogP) is 3.23. The van der Waals surface area contributed by atoms with Gasteiger partial charge in [0.25, 0.3) is 5.91 Å². The van der Waals surface area contributed by atoms with Crippen LogP contribution >= 0.6 is 0 Å². The number of benzene rings is 3. The van der Waals surface area contributed by atoms with Crippen LogP contribution in [0.2, 0.25) is 0 Å². The van der Waals surface area contributed by atoms with Crippen molar-refractivity contribution >= 4 is 24.0 Å². The lowest BCUT2D eigenvalue weighted by atomic mass is 10.1. The maximum Gasteiger partial charge on any atom is 0.343 e. The fraction of sp³-hybridized carbons (Fsp3) is 0.267. The molecule has 0 saturated carbocycles. The number of hydrogen-bond acceptors (Lipinski definition) is 11. The van der Waals surface area contributed by atoms with Crippen LogP contribution in [0.25, 0.3) is 0 Å². The van der Waals surface area contributed by atoms with Crippen LogP contribution in [0.15, 0.2) is 53.6 Å². The van der Waals surface area contributed by atoms with Gasteiger partial charge in [0.05, 0.1) is 54.4 Å². The van der Waals surface area contributed by atoms with Crippen molar-refractivity contribution in [3.63, 3.8) is 0 Å². The highest BCUT2D eigenvalue weighted by Crippen LogP contribution is 2.39. The molecular weight excluding hydrogens is 562 g/mol. The molecule has 0 heterocycles. The Morgan fingerprint density at radius 3 is 1.65 bits per heavy atom. The molecule has 0 aliphatic rings. The Hall–Kier alpha value is -5.46. The largest absolute Gasteiger partial charge is 0.493 e. The number of hydrogen-bond donors (Lipinski definition) is 2. The average Bonchev–Trinajstić information content (AvgIpc) is 3.03. The van der Waals surface area contributed by atoms with Gasteiger partial charge in [-0.15, -0.1) is 0 Å². The molecule has 0 aliphatic heterocycles. The third-order valence-corrected chi connectivity index (χ3v) is 5.96. The lowest BCUT2D eigenvalue weighted by Crippen LogP contribution is -2.29. The minimum Gasteiger partial charge on any atom is -0.493 e. The summed E-state index contributed by atoms with van der Waals surface area (Å²) in [6.45, 7) is 0.0723. The van der Waals surface area contributed by atoms with Crippen LogP contribution in [-0.2, 0) is 4.79 Å². The van der Waals surface area contributed by atoms with Crippen molar-refractivity contribution in [2.24, 2.45) is 5.10 Å². The van der Waals surface area contributed by atoms with E-state index in [0.717, 1.165) is 0 Å². The van der Waals surface area contributed by atoms with E-state index in [9.17, 15) is 14.4 Å². The minimum absolute atomic E-state index is 0.0106. The maximum absolute atomic E-state index is 12.7. The number of carbonyl (C=O) groups is 3. The minimum atomic E-state index is -0.620. The summed E-state index contributed by atoms with van der Waals surface area (Å²) >= 11 is 0. The van der Waals surface area contributed by atoms with Gasteiger partial charge in [0.15, 0.2) is 23.0 Å². The van der Waals surface area contributed by atoms with E-state index in [1.165, 1.54) is 73.1 Å². The Kier molecular flexibility index (Phi) is 11.6. The molecule has 3 aromatic carbocycles. The smallest absolute Gasteiger partial charge is 0.343 e. The number of hydrazone groups is 1. The zero-order valence-corrected chi connectivity index (χ0v) is 24.6. The summed E-state index contributed by atoms with van der Waals surface area (Å²) in [4.78, 5) is 37.4. The standard InChI is InChI=1S/C30H33N3O10/c1-37-22-13-19(14-23(38-2)27(22)41-5)29(35)31-12-11-26(34)33-32-17-18-7-9-21(10-8-18)43-30(36)20-15-24(39-3)28(42-6)25(16-20)40-4/h7-10,13-17H,11-12H2,1-6H3,(H,31,35)(H,33,34)/b32-17+. The van der Waals surface area contributed by atoms with Gasteiger partial charge in [-0.25, -0.2) is 10.2 Å². The fourth-order valence-corrected chi connectivity index (χ4v) is 3.83. The molecule has 0 spiro atoms. The van der Waals surface area contributed by atoms with Gasteiger partial charge in [-0.2, -0.15) is 5.10 Å². The van der Waals surface area contributed by atoms with Gasteiger partial charge in [-0.3, -0.25) is 9.59 Å². The molecule has 3 rings (SSSR count). The van der Waals surface area contributed by atoms with E-state index in [1.54, 1.807) is 24.3 Å². The number of esters is 1. The predicted molar refractivity (Wildman–Crippen MR) is 156 cm³/mol. The topological polar surface area (TPSA) is 152 Å². The van der Waals surface area contributed by atoms with Crippen LogP contribution < -0.4 is 43.9 Å². The zero-order chi connectivity index (χ0) is 31.4. The molecule has 13 nitrogen and oxygen atoms in total. The number of ether oxygens (including phenoxy) is 7. The van der Waals surface area contributed by atoms with Gasteiger partial charge in [-0.05, 0) is 54.1 Å². The normalized spacial score (nSPS) is 10.5. The summed E-state index contributed by atoms with van der Waals surface area (Å²) < 4.78 is 37.0. The molecule has 0 saturated heterocycles. The summed E-state index contributed by atoms with van der Waals surface area (Å²) in [6.07, 6.45) is 1.42. The Labute approximate surface area is 248 Å². The van der Waals surface area contributed by atoms with Crippen molar-refractivity contribution in [1.82, 2.24) is 10.7 Å². The first-order chi connectivity index (χ1) is 20.8. The van der Waals surface area contributed by atoms with Crippen molar-refractivity contribution in [3.8, 4) is 40.2 Å². The SMILES string of the molecule is COc1cc(C(=O)NCCC(=O)N/N=C/c2ccc(OC(=O)c3cc(OC)c(OC)c(OC)c3)cc2)cc(OC)c1OC. The first kappa shape index (κ1) is 32.1. The molecule has 228 valence electrons. The summed E-state index contributed by atoms with van der Waals surface area (Å²) in [6, 6.07) is 12.5. The monoisotopic (exact) mass is 595 g/mol. The molecule has 2 amide bonds. The maximum atomic E-state index is 12.7. The van der Waals surface area contributed by atoms with Gasteiger partial charge < -0.3 is 38.5 Å². The quantitative estimate of drug-likeness (QED) is 0.123. The molecule has 3 aromatic rings. The Morgan fingerprint density at radius 2 is 1.19 bits per heavy atom. The van der Waals surface area contributed by atoms with Crippen molar-refractivity contribution < 1.29 is 47.5 Å². The van der Waals surface area contributed by atoms with Crippen LogP contribution in [0.4, 0.5) is 0 Å². The summed E-state index contributed by atoms with van der Waals surface area (Å²) in [7, 11) is 8.74. The number of nitrogens with one attached hydrogen (secondary N) is 2. The van der Waals surface area contributed by atoms with E-state index in [1.807, 2.05) is 0 Å². The molecule has 0 aliphatic carbocycles. The van der Waals surface area contributed by atoms with Crippen molar-refractivity contribution in [1.29, 1.82) is 0 Å². The molecule has 0 aromatic heterocycles. The van der Waals surface area contributed by atoms with Gasteiger partial charge >= 0.3 is 5.97 Å². The summed E-state index contributed by atoms with van der Waals surface area (Å²) in [5.41, 5.74) is 3.53. The highest BCUT2D eigenvalue weighted by molar-refractivity contribution is 5.96. The second-order valence-corrected chi connectivity index (χ2v) is 8.59. The second-order valence-electron chi connectivity index (χ2n) is 8.59. The fourth-order valence-electron chi connectivity index (χ4n) is 3.83. The molecule has 0 fully saturated rings. The highest BCUT2D eigenvalue weighted by atomic mass is 16.5. The van der Waals surface area contributed by atoms with E-state index in [2.05, 4.69) is 15.8 Å². The van der Waals surface area contributed by atoms with Gasteiger partial charge in [0.2, 0.25) is 17.4 Å². The summed E-state index contributed by atoms with van der Waals surface area (Å²) in [5.74, 6) is 0.897. The molecular formula is C30H33N3O10. The van der Waals surface area contributed by atoms with Crippen LogP contribution in [0.3, 0.4) is 0 Å². The number of amides is 2. The van der Waals surface area contributed by atoms with E-state index in [4.69, 9.17) is 33.2 Å². The lowest BCUT2D eigenvalue weighted by molar-refractivity contribution is -0.120. The Balaban J connectivity index is 1.49.